The number of halogens is 1. The Balaban J connectivity index is 1.38. The summed E-state index contributed by atoms with van der Waals surface area (Å²) < 4.78 is 0. The zero-order chi connectivity index (χ0) is 26.2. The van der Waals surface area contributed by atoms with E-state index in [-0.39, 0.29) is 18.4 Å². The molecule has 3 aromatic rings. The molecule has 0 spiro atoms. The number of hydrogen-bond acceptors (Lipinski definition) is 5. The van der Waals surface area contributed by atoms with Gasteiger partial charge >= 0.3 is 0 Å². The van der Waals surface area contributed by atoms with Crippen LogP contribution in [-0.4, -0.2) is 71.1 Å². The minimum Gasteiger partial charge on any atom is -0.353 e. The van der Waals surface area contributed by atoms with Crippen molar-refractivity contribution < 1.29 is 9.59 Å². The normalized spacial score (nSPS) is 13.8. The SMILES string of the molecule is CCCCN(CC(=O)N1CCCN(c2ccc(-c3ccccc3Cl)nn2)CC1)C(=O)c1ccc(C)cc1. The van der Waals surface area contributed by atoms with Gasteiger partial charge in [0.1, 0.15) is 6.54 Å². The van der Waals surface area contributed by atoms with Crippen LogP contribution in [0.15, 0.2) is 60.7 Å². The van der Waals surface area contributed by atoms with Crippen LogP contribution in [0.25, 0.3) is 11.3 Å². The molecule has 0 aliphatic carbocycles. The lowest BCUT2D eigenvalue weighted by Gasteiger charge is -2.27. The van der Waals surface area contributed by atoms with Crippen molar-refractivity contribution >= 4 is 29.2 Å². The summed E-state index contributed by atoms with van der Waals surface area (Å²) in [5.41, 5.74) is 3.30. The molecular formula is C29H34ClN5O2. The summed E-state index contributed by atoms with van der Waals surface area (Å²) in [6.45, 7) is 7.42. The molecule has 0 bridgehead atoms. The molecule has 2 aromatic carbocycles. The number of carbonyl (C=O) groups excluding carboxylic acids is 2. The highest BCUT2D eigenvalue weighted by Gasteiger charge is 2.24. The number of benzene rings is 2. The lowest BCUT2D eigenvalue weighted by atomic mass is 10.1. The van der Waals surface area contributed by atoms with E-state index in [1.54, 1.807) is 4.90 Å². The molecule has 0 unspecified atom stereocenters. The van der Waals surface area contributed by atoms with E-state index in [1.165, 1.54) is 0 Å². The summed E-state index contributed by atoms with van der Waals surface area (Å²) in [7, 11) is 0. The number of amides is 2. The second kappa shape index (κ2) is 12.7. The van der Waals surface area contributed by atoms with Crippen molar-refractivity contribution in [3.63, 3.8) is 0 Å². The van der Waals surface area contributed by atoms with Crippen LogP contribution in [0.4, 0.5) is 5.82 Å². The average Bonchev–Trinajstić information content (AvgIpc) is 3.18. The molecule has 4 rings (SSSR count). The number of unbranched alkanes of at least 4 members (excludes halogenated alkanes) is 1. The number of rotatable bonds is 8. The number of anilines is 1. The van der Waals surface area contributed by atoms with Crippen molar-refractivity contribution in [2.75, 3.05) is 44.2 Å². The summed E-state index contributed by atoms with van der Waals surface area (Å²) >= 11 is 6.30. The fraction of sp³-hybridized carbons (Fsp3) is 0.379. The summed E-state index contributed by atoms with van der Waals surface area (Å²) in [4.78, 5) is 32.1. The van der Waals surface area contributed by atoms with Crippen molar-refractivity contribution in [1.29, 1.82) is 0 Å². The van der Waals surface area contributed by atoms with E-state index in [4.69, 9.17) is 11.6 Å². The lowest BCUT2D eigenvalue weighted by Crippen LogP contribution is -2.44. The molecule has 1 saturated heterocycles. The van der Waals surface area contributed by atoms with E-state index >= 15 is 0 Å². The van der Waals surface area contributed by atoms with Gasteiger partial charge in [-0.15, -0.1) is 10.2 Å². The molecule has 0 radical (unpaired) electrons. The quantitative estimate of drug-likeness (QED) is 0.415. The molecule has 7 nitrogen and oxygen atoms in total. The van der Waals surface area contributed by atoms with Crippen molar-refractivity contribution in [3.05, 3.63) is 76.8 Å². The largest absolute Gasteiger partial charge is 0.353 e. The summed E-state index contributed by atoms with van der Waals surface area (Å²) in [6, 6.07) is 19.0. The van der Waals surface area contributed by atoms with Crippen LogP contribution in [-0.2, 0) is 4.79 Å². The predicted molar refractivity (Wildman–Crippen MR) is 148 cm³/mol. The molecule has 37 heavy (non-hydrogen) atoms. The van der Waals surface area contributed by atoms with Gasteiger partial charge in [0.25, 0.3) is 5.91 Å². The van der Waals surface area contributed by atoms with Crippen LogP contribution in [0.1, 0.15) is 42.1 Å². The van der Waals surface area contributed by atoms with E-state index in [0.29, 0.717) is 36.8 Å². The third-order valence-corrected chi connectivity index (χ3v) is 7.00. The van der Waals surface area contributed by atoms with E-state index in [2.05, 4.69) is 22.0 Å². The Morgan fingerprint density at radius 3 is 2.43 bits per heavy atom. The molecule has 0 atom stereocenters. The van der Waals surface area contributed by atoms with E-state index in [1.807, 2.05) is 72.5 Å². The Morgan fingerprint density at radius 2 is 1.73 bits per heavy atom. The molecule has 1 fully saturated rings. The number of aromatic nitrogens is 2. The highest BCUT2D eigenvalue weighted by atomic mass is 35.5. The van der Waals surface area contributed by atoms with Crippen molar-refractivity contribution in [2.45, 2.75) is 33.1 Å². The second-order valence-corrected chi connectivity index (χ2v) is 9.83. The summed E-state index contributed by atoms with van der Waals surface area (Å²) in [5, 5.41) is 9.47. The first-order valence-electron chi connectivity index (χ1n) is 12.9. The molecule has 0 N–H and O–H groups in total. The maximum atomic E-state index is 13.3. The second-order valence-electron chi connectivity index (χ2n) is 9.42. The van der Waals surface area contributed by atoms with Crippen molar-refractivity contribution in [2.24, 2.45) is 0 Å². The van der Waals surface area contributed by atoms with Crippen LogP contribution >= 0.6 is 11.6 Å². The van der Waals surface area contributed by atoms with E-state index in [9.17, 15) is 9.59 Å². The third kappa shape index (κ3) is 6.86. The highest BCUT2D eigenvalue weighted by molar-refractivity contribution is 6.33. The molecule has 8 heteroatoms. The average molecular weight is 520 g/mol. The Morgan fingerprint density at radius 1 is 0.946 bits per heavy atom. The van der Waals surface area contributed by atoms with E-state index < -0.39 is 0 Å². The zero-order valence-corrected chi connectivity index (χ0v) is 22.3. The Hall–Kier alpha value is -3.45. The predicted octanol–water partition coefficient (Wildman–Crippen LogP) is 5.09. The molecule has 2 amide bonds. The Kier molecular flexibility index (Phi) is 9.12. The van der Waals surface area contributed by atoms with Gasteiger partial charge in [0.2, 0.25) is 5.91 Å². The van der Waals surface area contributed by atoms with Gasteiger partial charge in [-0.2, -0.15) is 0 Å². The van der Waals surface area contributed by atoms with Gasteiger partial charge in [0, 0.05) is 43.9 Å². The molecule has 2 heterocycles. The van der Waals surface area contributed by atoms with Crippen LogP contribution in [0.3, 0.4) is 0 Å². The fourth-order valence-corrected chi connectivity index (χ4v) is 4.68. The van der Waals surface area contributed by atoms with Gasteiger partial charge in [-0.25, -0.2) is 0 Å². The Labute approximate surface area is 224 Å². The van der Waals surface area contributed by atoms with Gasteiger partial charge in [0.05, 0.1) is 10.7 Å². The number of hydrogen-bond donors (Lipinski definition) is 0. The first-order valence-corrected chi connectivity index (χ1v) is 13.3. The van der Waals surface area contributed by atoms with Gasteiger partial charge in [0.15, 0.2) is 5.82 Å². The lowest BCUT2D eigenvalue weighted by molar-refractivity contribution is -0.131. The van der Waals surface area contributed by atoms with Crippen LogP contribution in [0.2, 0.25) is 5.02 Å². The van der Waals surface area contributed by atoms with Gasteiger partial charge in [-0.3, -0.25) is 9.59 Å². The fourth-order valence-electron chi connectivity index (χ4n) is 4.45. The number of nitrogens with zero attached hydrogens (tertiary/aromatic N) is 5. The first-order chi connectivity index (χ1) is 18.0. The van der Waals surface area contributed by atoms with Crippen LogP contribution < -0.4 is 4.90 Å². The van der Waals surface area contributed by atoms with Crippen LogP contribution in [0, 0.1) is 6.92 Å². The standard InChI is InChI=1S/C29H34ClN5O2/c1-3-4-16-35(29(37)23-12-10-22(2)11-13-23)21-28(36)34-18-7-17-33(19-20-34)27-15-14-26(31-32-27)24-8-5-6-9-25(24)30/h5-6,8-15H,3-4,7,16-21H2,1-2H3. The molecular weight excluding hydrogens is 486 g/mol. The molecule has 1 aromatic heterocycles. The topological polar surface area (TPSA) is 69.6 Å². The minimum absolute atomic E-state index is 0.0152. The third-order valence-electron chi connectivity index (χ3n) is 6.67. The molecule has 0 saturated carbocycles. The first kappa shape index (κ1) is 26.6. The molecule has 194 valence electrons. The van der Waals surface area contributed by atoms with Crippen molar-refractivity contribution in [1.82, 2.24) is 20.0 Å². The summed E-state index contributed by atoms with van der Waals surface area (Å²) in [6.07, 6.45) is 2.64. The number of aryl methyl sites for hydroxylation is 1. The highest BCUT2D eigenvalue weighted by Crippen LogP contribution is 2.26. The van der Waals surface area contributed by atoms with Gasteiger partial charge in [-0.05, 0) is 50.1 Å². The molecule has 1 aliphatic heterocycles. The monoisotopic (exact) mass is 519 g/mol. The summed E-state index contributed by atoms with van der Waals surface area (Å²) in [5.74, 6) is 0.676. The van der Waals surface area contributed by atoms with Crippen molar-refractivity contribution in [3.8, 4) is 11.3 Å². The van der Waals surface area contributed by atoms with Crippen LogP contribution in [0.5, 0.6) is 0 Å². The smallest absolute Gasteiger partial charge is 0.254 e. The molecule has 1 aliphatic rings. The minimum atomic E-state index is -0.0906. The Bertz CT molecular complexity index is 1200. The maximum absolute atomic E-state index is 13.3. The van der Waals surface area contributed by atoms with E-state index in [0.717, 1.165) is 48.4 Å². The van der Waals surface area contributed by atoms with Gasteiger partial charge in [-0.1, -0.05) is 60.8 Å². The number of carbonyl (C=O) groups is 2. The zero-order valence-electron chi connectivity index (χ0n) is 21.6. The van der Waals surface area contributed by atoms with Gasteiger partial charge < -0.3 is 14.7 Å². The maximum Gasteiger partial charge on any atom is 0.254 e.